The number of carbonyl (C=O) groups excluding carboxylic acids is 1. The Balaban J connectivity index is 2.54. The van der Waals surface area contributed by atoms with Crippen molar-refractivity contribution in [2.75, 3.05) is 7.11 Å². The Morgan fingerprint density at radius 2 is 1.85 bits per heavy atom. The normalized spacial score (nSPS) is 10.3. The molecule has 4 nitrogen and oxygen atoms in total. The van der Waals surface area contributed by atoms with Crippen molar-refractivity contribution in [2.24, 2.45) is 0 Å². The van der Waals surface area contributed by atoms with Crippen LogP contribution in [0, 0.1) is 13.8 Å². The average Bonchev–Trinajstić information content (AvgIpc) is 2.44. The summed E-state index contributed by atoms with van der Waals surface area (Å²) in [7, 11) is 1.31. The van der Waals surface area contributed by atoms with Crippen LogP contribution in [0.2, 0.25) is 0 Å². The van der Waals surface area contributed by atoms with E-state index >= 15 is 0 Å². The number of hydrogen-bond acceptors (Lipinski definition) is 4. The van der Waals surface area contributed by atoms with Crippen LogP contribution in [0.15, 0.2) is 39.5 Å². The van der Waals surface area contributed by atoms with Crippen molar-refractivity contribution in [3.05, 3.63) is 68.8 Å². The standard InChI is InChI=1S/C16H16O4/c1-10-13(9-12-7-5-4-6-8-12)15(17)20-11(2)14(10)16(18)19-3/h4-8H,9H2,1-3H3. The van der Waals surface area contributed by atoms with Gasteiger partial charge >= 0.3 is 11.6 Å². The Labute approximate surface area is 117 Å². The smallest absolute Gasteiger partial charge is 0.341 e. The zero-order valence-corrected chi connectivity index (χ0v) is 11.7. The molecule has 0 radical (unpaired) electrons. The van der Waals surface area contributed by atoms with Crippen molar-refractivity contribution in [1.29, 1.82) is 0 Å². The second-order valence-electron chi connectivity index (χ2n) is 4.58. The van der Waals surface area contributed by atoms with E-state index in [0.717, 1.165) is 5.56 Å². The van der Waals surface area contributed by atoms with Gasteiger partial charge in [-0.15, -0.1) is 0 Å². The first-order chi connectivity index (χ1) is 9.54. The fraction of sp³-hybridized carbons (Fsp3) is 0.250. The Kier molecular flexibility index (Phi) is 4.03. The maximum Gasteiger partial charge on any atom is 0.341 e. The highest BCUT2D eigenvalue weighted by molar-refractivity contribution is 5.92. The average molecular weight is 272 g/mol. The Bertz CT molecular complexity index is 684. The number of aryl methyl sites for hydroxylation is 1. The summed E-state index contributed by atoms with van der Waals surface area (Å²) < 4.78 is 9.90. The lowest BCUT2D eigenvalue weighted by Gasteiger charge is -2.10. The predicted molar refractivity (Wildman–Crippen MR) is 75.0 cm³/mol. The third-order valence-corrected chi connectivity index (χ3v) is 3.29. The van der Waals surface area contributed by atoms with Crippen molar-refractivity contribution >= 4 is 5.97 Å². The van der Waals surface area contributed by atoms with Crippen LogP contribution in [0.5, 0.6) is 0 Å². The molecule has 0 unspecified atom stereocenters. The quantitative estimate of drug-likeness (QED) is 0.806. The molecule has 0 aliphatic carbocycles. The lowest BCUT2D eigenvalue weighted by molar-refractivity contribution is 0.0595. The van der Waals surface area contributed by atoms with Crippen molar-refractivity contribution in [3.63, 3.8) is 0 Å². The van der Waals surface area contributed by atoms with Crippen LogP contribution in [-0.2, 0) is 11.2 Å². The van der Waals surface area contributed by atoms with Gasteiger partial charge in [-0.05, 0) is 25.0 Å². The molecule has 20 heavy (non-hydrogen) atoms. The number of methoxy groups -OCH3 is 1. The van der Waals surface area contributed by atoms with E-state index in [9.17, 15) is 9.59 Å². The molecule has 0 spiro atoms. The molecule has 0 saturated carbocycles. The molecule has 0 saturated heterocycles. The zero-order chi connectivity index (χ0) is 14.7. The molecule has 0 N–H and O–H groups in total. The van der Waals surface area contributed by atoms with Gasteiger partial charge < -0.3 is 9.15 Å². The fourth-order valence-electron chi connectivity index (χ4n) is 2.22. The molecular formula is C16H16O4. The first-order valence-electron chi connectivity index (χ1n) is 6.30. The third-order valence-electron chi connectivity index (χ3n) is 3.29. The summed E-state index contributed by atoms with van der Waals surface area (Å²) in [5, 5.41) is 0. The minimum Gasteiger partial charge on any atom is -0.465 e. The Morgan fingerprint density at radius 1 is 1.20 bits per heavy atom. The molecule has 0 fully saturated rings. The van der Waals surface area contributed by atoms with E-state index in [-0.39, 0.29) is 5.76 Å². The van der Waals surface area contributed by atoms with E-state index in [0.29, 0.717) is 23.1 Å². The van der Waals surface area contributed by atoms with E-state index in [1.165, 1.54) is 7.11 Å². The minimum absolute atomic E-state index is 0.288. The molecule has 104 valence electrons. The Morgan fingerprint density at radius 3 is 2.45 bits per heavy atom. The first-order valence-corrected chi connectivity index (χ1v) is 6.30. The molecular weight excluding hydrogens is 256 g/mol. The molecule has 1 aromatic heterocycles. The number of rotatable bonds is 3. The molecule has 1 aromatic carbocycles. The molecule has 2 rings (SSSR count). The molecule has 0 aliphatic heterocycles. The van der Waals surface area contributed by atoms with Crippen molar-refractivity contribution in [2.45, 2.75) is 20.3 Å². The summed E-state index contributed by atoms with van der Waals surface area (Å²) in [6.07, 6.45) is 0.430. The van der Waals surface area contributed by atoms with Gasteiger partial charge in [0.05, 0.1) is 7.11 Å². The van der Waals surface area contributed by atoms with Gasteiger partial charge in [0, 0.05) is 12.0 Å². The largest absolute Gasteiger partial charge is 0.465 e. The monoisotopic (exact) mass is 272 g/mol. The third kappa shape index (κ3) is 2.64. The summed E-state index contributed by atoms with van der Waals surface area (Å²) in [4.78, 5) is 23.8. The van der Waals surface area contributed by atoms with E-state index in [4.69, 9.17) is 9.15 Å². The highest BCUT2D eigenvalue weighted by Crippen LogP contribution is 2.18. The second-order valence-corrected chi connectivity index (χ2v) is 4.58. The maximum atomic E-state index is 12.0. The van der Waals surface area contributed by atoms with Crippen molar-refractivity contribution in [3.8, 4) is 0 Å². The van der Waals surface area contributed by atoms with Gasteiger partial charge in [-0.25, -0.2) is 9.59 Å². The van der Waals surface area contributed by atoms with E-state index < -0.39 is 11.6 Å². The zero-order valence-electron chi connectivity index (χ0n) is 11.7. The van der Waals surface area contributed by atoms with E-state index in [1.807, 2.05) is 30.3 Å². The molecule has 2 aromatic rings. The number of carbonyl (C=O) groups is 1. The summed E-state index contributed by atoms with van der Waals surface area (Å²) in [6.45, 7) is 3.33. The summed E-state index contributed by atoms with van der Waals surface area (Å²) in [6, 6.07) is 9.57. The van der Waals surface area contributed by atoms with Crippen molar-refractivity contribution in [1.82, 2.24) is 0 Å². The van der Waals surface area contributed by atoms with Gasteiger partial charge in [-0.1, -0.05) is 30.3 Å². The number of benzene rings is 1. The molecule has 0 bridgehead atoms. The lowest BCUT2D eigenvalue weighted by Crippen LogP contribution is -2.17. The first kappa shape index (κ1) is 14.1. The highest BCUT2D eigenvalue weighted by atomic mass is 16.5. The molecule has 4 heteroatoms. The van der Waals surface area contributed by atoms with Crippen LogP contribution in [0.1, 0.15) is 32.8 Å². The fourth-order valence-corrected chi connectivity index (χ4v) is 2.22. The number of esters is 1. The van der Waals surface area contributed by atoms with Crippen LogP contribution in [-0.4, -0.2) is 13.1 Å². The summed E-state index contributed by atoms with van der Waals surface area (Å²) in [5.74, 6) is -0.200. The van der Waals surface area contributed by atoms with Gasteiger partial charge in [0.15, 0.2) is 0 Å². The Hall–Kier alpha value is -2.36. The van der Waals surface area contributed by atoms with Gasteiger partial charge in [-0.3, -0.25) is 0 Å². The SMILES string of the molecule is COC(=O)c1c(C)oc(=O)c(Cc2ccccc2)c1C. The van der Waals surface area contributed by atoms with Crippen LogP contribution >= 0.6 is 0 Å². The lowest BCUT2D eigenvalue weighted by atomic mass is 9.98. The number of ether oxygens (including phenoxy) is 1. The number of hydrogen-bond donors (Lipinski definition) is 0. The predicted octanol–water partition coefficient (Wildman–Crippen LogP) is 2.63. The summed E-state index contributed by atoms with van der Waals surface area (Å²) in [5.41, 5.74) is 2.02. The van der Waals surface area contributed by atoms with Crippen molar-refractivity contribution < 1.29 is 13.9 Å². The van der Waals surface area contributed by atoms with Gasteiger partial charge in [-0.2, -0.15) is 0 Å². The molecule has 0 amide bonds. The van der Waals surface area contributed by atoms with Crippen LogP contribution in [0.25, 0.3) is 0 Å². The summed E-state index contributed by atoms with van der Waals surface area (Å²) >= 11 is 0. The molecule has 0 atom stereocenters. The second kappa shape index (κ2) is 5.74. The van der Waals surface area contributed by atoms with Gasteiger partial charge in [0.1, 0.15) is 11.3 Å². The van der Waals surface area contributed by atoms with E-state index in [1.54, 1.807) is 13.8 Å². The maximum absolute atomic E-state index is 12.0. The highest BCUT2D eigenvalue weighted by Gasteiger charge is 2.20. The molecule has 1 heterocycles. The van der Waals surface area contributed by atoms with Crippen LogP contribution in [0.4, 0.5) is 0 Å². The van der Waals surface area contributed by atoms with E-state index in [2.05, 4.69) is 0 Å². The van der Waals surface area contributed by atoms with Crippen LogP contribution < -0.4 is 5.63 Å². The minimum atomic E-state index is -0.488. The van der Waals surface area contributed by atoms with Crippen LogP contribution in [0.3, 0.4) is 0 Å². The van der Waals surface area contributed by atoms with Gasteiger partial charge in [0.25, 0.3) is 0 Å². The van der Waals surface area contributed by atoms with Gasteiger partial charge in [0.2, 0.25) is 0 Å². The topological polar surface area (TPSA) is 56.5 Å². The molecule has 0 aliphatic rings.